The molecule has 0 fully saturated rings. The van der Waals surface area contributed by atoms with E-state index in [0.717, 1.165) is 12.8 Å². The fourth-order valence-corrected chi connectivity index (χ4v) is 4.35. The summed E-state index contributed by atoms with van der Waals surface area (Å²) in [5, 5.41) is 0. The quantitative estimate of drug-likeness (QED) is 0.470. The first-order valence-electron chi connectivity index (χ1n) is 8.92. The molecule has 0 bridgehead atoms. The van der Waals surface area contributed by atoms with Gasteiger partial charge in [0.1, 0.15) is 0 Å². The first kappa shape index (κ1) is 15.2. The Kier molecular flexibility index (Phi) is 3.57. The molecule has 0 aromatic heterocycles. The summed E-state index contributed by atoms with van der Waals surface area (Å²) in [6, 6.07) is 11.5. The topological polar surface area (TPSA) is 0 Å². The molecule has 2 aromatic rings. The van der Waals surface area contributed by atoms with Crippen molar-refractivity contribution in [1.82, 2.24) is 0 Å². The highest BCUT2D eigenvalue weighted by atomic mass is 14.3. The van der Waals surface area contributed by atoms with Gasteiger partial charge in [0.05, 0.1) is 0 Å². The maximum atomic E-state index is 2.37. The third-order valence-electron chi connectivity index (χ3n) is 5.46. The number of benzene rings is 2. The van der Waals surface area contributed by atoms with Crippen molar-refractivity contribution in [2.75, 3.05) is 0 Å². The van der Waals surface area contributed by atoms with E-state index in [9.17, 15) is 0 Å². The minimum absolute atomic E-state index is 1.13. The largest absolute Gasteiger partial charge is 0.0871 e. The van der Waals surface area contributed by atoms with Crippen LogP contribution in [0.3, 0.4) is 0 Å². The molecule has 4 rings (SSSR count). The zero-order valence-electron chi connectivity index (χ0n) is 15.0. The summed E-state index contributed by atoms with van der Waals surface area (Å²) in [5.41, 5.74) is 14.5. The summed E-state index contributed by atoms with van der Waals surface area (Å²) >= 11 is 0. The fourth-order valence-electron chi connectivity index (χ4n) is 4.35. The van der Waals surface area contributed by atoms with Gasteiger partial charge in [-0.15, -0.1) is 0 Å². The van der Waals surface area contributed by atoms with E-state index in [2.05, 4.69) is 76.3 Å². The van der Waals surface area contributed by atoms with Gasteiger partial charge in [-0.2, -0.15) is 0 Å². The van der Waals surface area contributed by atoms with Gasteiger partial charge in [0.2, 0.25) is 0 Å². The normalized spacial score (nSPS) is 15.9. The molecule has 0 saturated carbocycles. The zero-order chi connectivity index (χ0) is 16.8. The molecule has 0 heterocycles. The summed E-state index contributed by atoms with van der Waals surface area (Å²) in [4.78, 5) is 0. The van der Waals surface area contributed by atoms with Crippen LogP contribution in [0.1, 0.15) is 48.1 Å². The molecule has 0 nitrogen and oxygen atoms in total. The Balaban J connectivity index is 2.12. The number of allylic oxidation sites excluding steroid dienone is 5. The first-order valence-corrected chi connectivity index (χ1v) is 8.92. The molecule has 120 valence electrons. The molecular formula is C24H24. The van der Waals surface area contributed by atoms with Gasteiger partial charge in [-0.1, -0.05) is 54.1 Å². The highest BCUT2D eigenvalue weighted by Gasteiger charge is 2.32. The lowest BCUT2D eigenvalue weighted by Crippen LogP contribution is -2.07. The Morgan fingerprint density at radius 2 is 1.71 bits per heavy atom. The van der Waals surface area contributed by atoms with E-state index in [0.29, 0.717) is 0 Å². The van der Waals surface area contributed by atoms with Crippen molar-refractivity contribution in [2.45, 2.75) is 40.5 Å². The second-order valence-corrected chi connectivity index (χ2v) is 6.93. The maximum Gasteiger partial charge on any atom is -0.00579 e. The van der Waals surface area contributed by atoms with Gasteiger partial charge in [-0.05, 0) is 90.6 Å². The number of fused-ring (bicyclic) bond motifs is 3. The zero-order valence-corrected chi connectivity index (χ0v) is 15.0. The van der Waals surface area contributed by atoms with Crippen molar-refractivity contribution < 1.29 is 0 Å². The number of hydrogen-bond donors (Lipinski definition) is 0. The lowest BCUT2D eigenvalue weighted by molar-refractivity contribution is 0.924. The molecule has 0 N–H and O–H groups in total. The van der Waals surface area contributed by atoms with E-state index in [1.807, 2.05) is 0 Å². The average Bonchev–Trinajstić information content (AvgIpc) is 2.91. The van der Waals surface area contributed by atoms with Crippen LogP contribution in [0.25, 0.3) is 16.7 Å². The lowest BCUT2D eigenvalue weighted by atomic mass is 9.80. The molecule has 0 saturated heterocycles. The molecule has 0 spiro atoms. The van der Waals surface area contributed by atoms with Crippen LogP contribution in [0.5, 0.6) is 0 Å². The van der Waals surface area contributed by atoms with E-state index in [1.54, 1.807) is 5.56 Å². The molecule has 0 amide bonds. The lowest BCUT2D eigenvalue weighted by Gasteiger charge is -2.24. The monoisotopic (exact) mass is 312 g/mol. The predicted molar refractivity (Wildman–Crippen MR) is 104 cm³/mol. The number of aryl methyl sites for hydroxylation is 2. The van der Waals surface area contributed by atoms with Gasteiger partial charge in [-0.25, -0.2) is 0 Å². The van der Waals surface area contributed by atoms with Crippen molar-refractivity contribution in [1.29, 1.82) is 0 Å². The highest BCUT2D eigenvalue weighted by Crippen LogP contribution is 2.52. The van der Waals surface area contributed by atoms with Gasteiger partial charge in [0, 0.05) is 0 Å². The standard InChI is InChI=1S/C24H24/c1-5-7-17(6-2)19-13-12-18-16(4)9-11-21-20-10-8-15(3)14-22(20)24(19)23(18)21/h5-11,14H,12-13H2,1-4H3/b7-5-,17-6+. The number of rotatable bonds is 2. The molecule has 24 heavy (non-hydrogen) atoms. The third-order valence-corrected chi connectivity index (χ3v) is 5.46. The van der Waals surface area contributed by atoms with Crippen molar-refractivity contribution >= 4 is 5.57 Å². The van der Waals surface area contributed by atoms with Crippen molar-refractivity contribution in [3.05, 3.63) is 87.5 Å². The van der Waals surface area contributed by atoms with Crippen LogP contribution in [0.2, 0.25) is 0 Å². The molecule has 0 unspecified atom stereocenters. The summed E-state index contributed by atoms with van der Waals surface area (Å²) in [6.45, 7) is 8.71. The second kappa shape index (κ2) is 5.63. The van der Waals surface area contributed by atoms with Crippen LogP contribution in [-0.4, -0.2) is 0 Å². The van der Waals surface area contributed by atoms with Crippen LogP contribution in [0.15, 0.2) is 59.7 Å². The minimum atomic E-state index is 1.13. The van der Waals surface area contributed by atoms with Gasteiger partial charge in [0.25, 0.3) is 0 Å². The van der Waals surface area contributed by atoms with Crippen molar-refractivity contribution in [3.8, 4) is 11.1 Å². The molecule has 2 aromatic carbocycles. The Morgan fingerprint density at radius 3 is 2.46 bits per heavy atom. The highest BCUT2D eigenvalue weighted by molar-refractivity contribution is 6.05. The van der Waals surface area contributed by atoms with E-state index in [-0.39, 0.29) is 0 Å². The van der Waals surface area contributed by atoms with E-state index in [4.69, 9.17) is 0 Å². The Hall–Kier alpha value is -2.34. The van der Waals surface area contributed by atoms with Gasteiger partial charge >= 0.3 is 0 Å². The molecule has 0 heteroatoms. The summed E-state index contributed by atoms with van der Waals surface area (Å²) < 4.78 is 0. The minimum Gasteiger partial charge on any atom is -0.0871 e. The SMILES string of the molecule is C/C=C\C(=C/C)C1=C2c3cc(C)ccc3-c3ccc(C)c(c32)CC1. The van der Waals surface area contributed by atoms with Crippen molar-refractivity contribution in [3.63, 3.8) is 0 Å². The van der Waals surface area contributed by atoms with Crippen LogP contribution in [0, 0.1) is 13.8 Å². The molecule has 2 aliphatic carbocycles. The van der Waals surface area contributed by atoms with Crippen LogP contribution in [0.4, 0.5) is 0 Å². The molecule has 0 atom stereocenters. The summed E-state index contributed by atoms with van der Waals surface area (Å²) in [6.07, 6.45) is 8.95. The van der Waals surface area contributed by atoms with E-state index >= 15 is 0 Å². The predicted octanol–water partition coefficient (Wildman–Crippen LogP) is 6.55. The van der Waals surface area contributed by atoms with Gasteiger partial charge < -0.3 is 0 Å². The summed E-state index contributed by atoms with van der Waals surface area (Å²) in [5.74, 6) is 0. The molecule has 0 radical (unpaired) electrons. The molecular weight excluding hydrogens is 288 g/mol. The Labute approximate surface area is 145 Å². The van der Waals surface area contributed by atoms with Crippen LogP contribution in [-0.2, 0) is 6.42 Å². The average molecular weight is 312 g/mol. The van der Waals surface area contributed by atoms with E-state index in [1.165, 1.54) is 50.1 Å². The van der Waals surface area contributed by atoms with Gasteiger partial charge in [0.15, 0.2) is 0 Å². The number of hydrogen-bond acceptors (Lipinski definition) is 0. The Bertz CT molecular complexity index is 933. The fraction of sp³-hybridized carbons (Fsp3) is 0.250. The third kappa shape index (κ3) is 2.06. The second-order valence-electron chi connectivity index (χ2n) is 6.93. The Morgan fingerprint density at radius 1 is 0.917 bits per heavy atom. The molecule has 2 aliphatic rings. The smallest absolute Gasteiger partial charge is 0.00579 e. The maximum absolute atomic E-state index is 2.37. The molecule has 0 aliphatic heterocycles. The summed E-state index contributed by atoms with van der Waals surface area (Å²) in [7, 11) is 0. The van der Waals surface area contributed by atoms with Crippen LogP contribution < -0.4 is 0 Å². The van der Waals surface area contributed by atoms with Crippen molar-refractivity contribution in [2.24, 2.45) is 0 Å². The van der Waals surface area contributed by atoms with Crippen LogP contribution >= 0.6 is 0 Å². The van der Waals surface area contributed by atoms with Gasteiger partial charge in [-0.3, -0.25) is 0 Å². The first-order chi connectivity index (χ1) is 11.7. The van der Waals surface area contributed by atoms with E-state index < -0.39 is 0 Å².